The Hall–Kier alpha value is -2.30. The number of carbonyl (C=O) groups is 1. The summed E-state index contributed by atoms with van der Waals surface area (Å²) in [5.41, 5.74) is 1.61. The molecule has 1 aromatic heterocycles. The molecule has 0 aliphatic rings. The molecule has 0 fully saturated rings. The average molecular weight is 258 g/mol. The summed E-state index contributed by atoms with van der Waals surface area (Å²) in [6.07, 6.45) is 3.70. The van der Waals surface area contributed by atoms with E-state index < -0.39 is 0 Å². The number of nitrogens with zero attached hydrogens (tertiary/aromatic N) is 2. The molecule has 100 valence electrons. The Balaban J connectivity index is 2.08. The van der Waals surface area contributed by atoms with Crippen LogP contribution in [0.5, 0.6) is 0 Å². The molecule has 0 saturated carbocycles. The maximum absolute atomic E-state index is 11.4. The molecule has 1 heterocycles. The Morgan fingerprint density at radius 3 is 2.53 bits per heavy atom. The van der Waals surface area contributed by atoms with Crippen molar-refractivity contribution in [1.29, 1.82) is 0 Å². The molecule has 2 rings (SSSR count). The van der Waals surface area contributed by atoms with Crippen molar-refractivity contribution in [3.8, 4) is 0 Å². The normalized spacial score (nSPS) is 11.9. The third-order valence-corrected chi connectivity index (χ3v) is 3.00. The van der Waals surface area contributed by atoms with Gasteiger partial charge >= 0.3 is 0 Å². The van der Waals surface area contributed by atoms with Crippen LogP contribution in [0.1, 0.15) is 29.1 Å². The summed E-state index contributed by atoms with van der Waals surface area (Å²) in [5.74, 6) is 0.888. The molecule has 5 nitrogen and oxygen atoms in total. The molecule has 0 saturated heterocycles. The minimum absolute atomic E-state index is 0.0799. The lowest BCUT2D eigenvalue weighted by atomic mass is 10.2. The summed E-state index contributed by atoms with van der Waals surface area (Å²) < 4.78 is 1.98. The number of benzene rings is 1. The lowest BCUT2D eigenvalue weighted by Gasteiger charge is -2.15. The fraction of sp³-hybridized carbons (Fsp3) is 0.286. The first-order valence-electron chi connectivity index (χ1n) is 6.17. The molecular formula is C14H18N4O. The minimum Gasteiger partial charge on any atom is -0.375 e. The molecule has 0 bridgehead atoms. The van der Waals surface area contributed by atoms with Gasteiger partial charge in [-0.2, -0.15) is 0 Å². The third-order valence-electron chi connectivity index (χ3n) is 3.00. The summed E-state index contributed by atoms with van der Waals surface area (Å²) >= 11 is 0. The fourth-order valence-electron chi connectivity index (χ4n) is 1.97. The van der Waals surface area contributed by atoms with Crippen molar-refractivity contribution >= 4 is 11.6 Å². The van der Waals surface area contributed by atoms with E-state index in [0.717, 1.165) is 11.5 Å². The van der Waals surface area contributed by atoms with Crippen LogP contribution < -0.4 is 10.6 Å². The van der Waals surface area contributed by atoms with E-state index in [-0.39, 0.29) is 11.9 Å². The predicted molar refractivity (Wildman–Crippen MR) is 75.1 cm³/mol. The zero-order chi connectivity index (χ0) is 13.8. The van der Waals surface area contributed by atoms with Gasteiger partial charge in [-0.05, 0) is 31.2 Å². The summed E-state index contributed by atoms with van der Waals surface area (Å²) in [6.45, 7) is 2.05. The molecule has 5 heteroatoms. The van der Waals surface area contributed by atoms with Gasteiger partial charge in [0.15, 0.2) is 0 Å². The van der Waals surface area contributed by atoms with Crippen LogP contribution in [0.2, 0.25) is 0 Å². The molecule has 0 aliphatic carbocycles. The number of anilines is 1. The Labute approximate surface area is 112 Å². The number of aromatic nitrogens is 2. The third kappa shape index (κ3) is 2.93. The number of rotatable bonds is 4. The molecular weight excluding hydrogens is 240 g/mol. The Kier molecular flexibility index (Phi) is 3.85. The SMILES string of the molecule is CNC(=O)c1ccc(NC(C)c2nccn2C)cc1. The molecule has 2 N–H and O–H groups in total. The molecule has 0 radical (unpaired) electrons. The van der Waals surface area contributed by atoms with E-state index in [1.807, 2.05) is 29.9 Å². The van der Waals surface area contributed by atoms with E-state index in [1.165, 1.54) is 0 Å². The van der Waals surface area contributed by atoms with Crippen molar-refractivity contribution in [2.75, 3.05) is 12.4 Å². The second-order valence-electron chi connectivity index (χ2n) is 4.42. The highest BCUT2D eigenvalue weighted by Gasteiger charge is 2.10. The maximum atomic E-state index is 11.4. The van der Waals surface area contributed by atoms with Crippen LogP contribution in [0.3, 0.4) is 0 Å². The first kappa shape index (κ1) is 13.1. The topological polar surface area (TPSA) is 59.0 Å². The van der Waals surface area contributed by atoms with Gasteiger partial charge in [0.2, 0.25) is 0 Å². The summed E-state index contributed by atoms with van der Waals surface area (Å²) in [5, 5.41) is 5.95. The van der Waals surface area contributed by atoms with Crippen LogP contribution in [0, 0.1) is 0 Å². The molecule has 19 heavy (non-hydrogen) atoms. The van der Waals surface area contributed by atoms with Gasteiger partial charge < -0.3 is 15.2 Å². The van der Waals surface area contributed by atoms with E-state index in [1.54, 1.807) is 25.4 Å². The van der Waals surface area contributed by atoms with Gasteiger partial charge in [0.05, 0.1) is 6.04 Å². The summed E-state index contributed by atoms with van der Waals surface area (Å²) in [6, 6.07) is 7.48. The largest absolute Gasteiger partial charge is 0.375 e. The Morgan fingerprint density at radius 1 is 1.32 bits per heavy atom. The van der Waals surface area contributed by atoms with Crippen molar-refractivity contribution in [2.24, 2.45) is 7.05 Å². The lowest BCUT2D eigenvalue weighted by molar-refractivity contribution is 0.0963. The molecule has 0 aliphatic heterocycles. The van der Waals surface area contributed by atoms with Crippen molar-refractivity contribution in [3.05, 3.63) is 48.0 Å². The average Bonchev–Trinajstić information content (AvgIpc) is 2.85. The maximum Gasteiger partial charge on any atom is 0.251 e. The van der Waals surface area contributed by atoms with Gasteiger partial charge in [0, 0.05) is 37.7 Å². The lowest BCUT2D eigenvalue weighted by Crippen LogP contribution is -2.17. The monoisotopic (exact) mass is 258 g/mol. The van der Waals surface area contributed by atoms with Crippen LogP contribution in [0.15, 0.2) is 36.7 Å². The number of imidazole rings is 1. The highest BCUT2D eigenvalue weighted by molar-refractivity contribution is 5.94. The standard InChI is InChI=1S/C14H18N4O/c1-10(13-16-8-9-18(13)3)17-12-6-4-11(5-7-12)14(19)15-2/h4-10,17H,1-3H3,(H,15,19). The van der Waals surface area contributed by atoms with E-state index in [0.29, 0.717) is 5.56 Å². The van der Waals surface area contributed by atoms with Crippen LogP contribution in [-0.2, 0) is 7.05 Å². The summed E-state index contributed by atoms with van der Waals surface area (Å²) in [4.78, 5) is 15.7. The van der Waals surface area contributed by atoms with E-state index in [4.69, 9.17) is 0 Å². The predicted octanol–water partition coefficient (Wildman–Crippen LogP) is 1.95. The van der Waals surface area contributed by atoms with Crippen molar-refractivity contribution in [2.45, 2.75) is 13.0 Å². The first-order valence-corrected chi connectivity index (χ1v) is 6.17. The highest BCUT2D eigenvalue weighted by atomic mass is 16.1. The first-order chi connectivity index (χ1) is 9.11. The Morgan fingerprint density at radius 2 is 2.00 bits per heavy atom. The quantitative estimate of drug-likeness (QED) is 0.881. The summed E-state index contributed by atoms with van der Waals surface area (Å²) in [7, 11) is 3.59. The number of aryl methyl sites for hydroxylation is 1. The fourth-order valence-corrected chi connectivity index (χ4v) is 1.97. The van der Waals surface area contributed by atoms with Crippen LogP contribution in [-0.4, -0.2) is 22.5 Å². The van der Waals surface area contributed by atoms with Gasteiger partial charge in [-0.15, -0.1) is 0 Å². The zero-order valence-electron chi connectivity index (χ0n) is 11.3. The van der Waals surface area contributed by atoms with Gasteiger partial charge in [0.1, 0.15) is 5.82 Å². The number of hydrogen-bond donors (Lipinski definition) is 2. The van der Waals surface area contributed by atoms with Gasteiger partial charge in [-0.3, -0.25) is 4.79 Å². The van der Waals surface area contributed by atoms with Gasteiger partial charge in [-0.25, -0.2) is 4.98 Å². The molecule has 1 unspecified atom stereocenters. The van der Waals surface area contributed by atoms with Gasteiger partial charge in [0.25, 0.3) is 5.91 Å². The van der Waals surface area contributed by atoms with Crippen molar-refractivity contribution in [3.63, 3.8) is 0 Å². The number of hydrogen-bond acceptors (Lipinski definition) is 3. The smallest absolute Gasteiger partial charge is 0.251 e. The van der Waals surface area contributed by atoms with Crippen molar-refractivity contribution < 1.29 is 4.79 Å². The molecule has 2 aromatic rings. The molecule has 1 atom stereocenters. The molecule has 1 amide bonds. The number of amides is 1. The number of carbonyl (C=O) groups excluding carboxylic acids is 1. The van der Waals surface area contributed by atoms with Crippen molar-refractivity contribution in [1.82, 2.24) is 14.9 Å². The molecule has 0 spiro atoms. The molecule has 1 aromatic carbocycles. The highest BCUT2D eigenvalue weighted by Crippen LogP contribution is 2.17. The number of nitrogens with one attached hydrogen (secondary N) is 2. The van der Waals surface area contributed by atoms with E-state index in [9.17, 15) is 4.79 Å². The van der Waals surface area contributed by atoms with Crippen LogP contribution in [0.25, 0.3) is 0 Å². The second kappa shape index (κ2) is 5.56. The second-order valence-corrected chi connectivity index (χ2v) is 4.42. The van der Waals surface area contributed by atoms with Crippen LogP contribution in [0.4, 0.5) is 5.69 Å². The van der Waals surface area contributed by atoms with Crippen LogP contribution >= 0.6 is 0 Å². The minimum atomic E-state index is -0.0799. The van der Waals surface area contributed by atoms with Gasteiger partial charge in [-0.1, -0.05) is 0 Å². The Bertz CT molecular complexity index is 559. The zero-order valence-corrected chi connectivity index (χ0v) is 11.3. The van der Waals surface area contributed by atoms with E-state index >= 15 is 0 Å². The van der Waals surface area contributed by atoms with E-state index in [2.05, 4.69) is 22.5 Å².